The summed E-state index contributed by atoms with van der Waals surface area (Å²) in [7, 11) is -3.32. The molecule has 1 heterocycles. The lowest BCUT2D eigenvalue weighted by molar-refractivity contribution is 0.266. The molecule has 23 heavy (non-hydrogen) atoms. The molecule has 1 aromatic carbocycles. The molecule has 0 amide bonds. The number of halogens is 1. The van der Waals surface area contributed by atoms with E-state index in [1.807, 2.05) is 6.07 Å². The van der Waals surface area contributed by atoms with Crippen LogP contribution in [0.2, 0.25) is 0 Å². The number of rotatable bonds is 4. The molecule has 2 fully saturated rings. The molecule has 2 aliphatic rings. The molecule has 1 saturated heterocycles. The molecule has 0 spiro atoms. The number of nitrogens with zero attached hydrogens (tertiary/aromatic N) is 1. The van der Waals surface area contributed by atoms with Crippen molar-refractivity contribution in [2.24, 2.45) is 5.92 Å². The Kier molecular flexibility index (Phi) is 5.34. The van der Waals surface area contributed by atoms with Gasteiger partial charge in [-0.3, -0.25) is 0 Å². The fourth-order valence-corrected chi connectivity index (χ4v) is 5.84. The second-order valence-corrected chi connectivity index (χ2v) is 8.63. The minimum Gasteiger partial charge on any atom is -0.313 e. The molecule has 128 valence electrons. The van der Waals surface area contributed by atoms with E-state index >= 15 is 0 Å². The molecule has 0 radical (unpaired) electrons. The SMILES string of the molecule is O=S(=O)(CC1CCCCC1)N1CCNCC1c1cccc(F)c1. The molecule has 6 heteroatoms. The lowest BCUT2D eigenvalue weighted by atomic mass is 9.91. The molecule has 3 rings (SSSR count). The Hall–Kier alpha value is -0.980. The lowest BCUT2D eigenvalue weighted by Crippen LogP contribution is -2.50. The highest BCUT2D eigenvalue weighted by Gasteiger charge is 2.35. The predicted octanol–water partition coefficient (Wildman–Crippen LogP) is 2.68. The van der Waals surface area contributed by atoms with Crippen LogP contribution in [0.3, 0.4) is 0 Å². The Bertz CT molecular complexity index is 629. The van der Waals surface area contributed by atoms with Crippen molar-refractivity contribution >= 4 is 10.0 Å². The topological polar surface area (TPSA) is 49.4 Å². The lowest BCUT2D eigenvalue weighted by Gasteiger charge is -2.36. The maximum atomic E-state index is 13.5. The highest BCUT2D eigenvalue weighted by molar-refractivity contribution is 7.89. The van der Waals surface area contributed by atoms with Crippen LogP contribution in [0.15, 0.2) is 24.3 Å². The van der Waals surface area contributed by atoms with Crippen LogP contribution in [-0.2, 0) is 10.0 Å². The summed E-state index contributed by atoms with van der Waals surface area (Å²) in [6.45, 7) is 1.64. The van der Waals surface area contributed by atoms with Crippen LogP contribution in [0.4, 0.5) is 4.39 Å². The number of benzene rings is 1. The molecule has 1 N–H and O–H groups in total. The van der Waals surface area contributed by atoms with Crippen molar-refractivity contribution in [2.45, 2.75) is 38.1 Å². The third-order valence-electron chi connectivity index (χ3n) is 4.96. The molecule has 0 aromatic heterocycles. The van der Waals surface area contributed by atoms with Crippen molar-refractivity contribution in [1.82, 2.24) is 9.62 Å². The van der Waals surface area contributed by atoms with E-state index in [0.717, 1.165) is 31.2 Å². The standard InChI is InChI=1S/C17H25FN2O2S/c18-16-8-4-7-15(11-16)17-12-19-9-10-20(17)23(21,22)13-14-5-2-1-3-6-14/h4,7-8,11,14,17,19H,1-3,5-6,9-10,12-13H2. The highest BCUT2D eigenvalue weighted by Crippen LogP contribution is 2.30. The zero-order valence-electron chi connectivity index (χ0n) is 13.4. The molecular formula is C17H25FN2O2S. The van der Waals surface area contributed by atoms with Crippen LogP contribution in [0.5, 0.6) is 0 Å². The van der Waals surface area contributed by atoms with Gasteiger partial charge in [-0.25, -0.2) is 12.8 Å². The Morgan fingerprint density at radius 3 is 2.74 bits per heavy atom. The van der Waals surface area contributed by atoms with Gasteiger partial charge in [-0.1, -0.05) is 31.4 Å². The van der Waals surface area contributed by atoms with Crippen molar-refractivity contribution in [2.75, 3.05) is 25.4 Å². The normalized spacial score (nSPS) is 24.7. The summed E-state index contributed by atoms with van der Waals surface area (Å²) in [6, 6.07) is 5.98. The summed E-state index contributed by atoms with van der Waals surface area (Å²) in [5.41, 5.74) is 0.726. The van der Waals surface area contributed by atoms with E-state index in [1.54, 1.807) is 10.4 Å². The first kappa shape index (κ1) is 16.9. The Labute approximate surface area is 138 Å². The third kappa shape index (κ3) is 4.11. The number of hydrogen-bond acceptors (Lipinski definition) is 3. The van der Waals surface area contributed by atoms with Gasteiger partial charge in [0.2, 0.25) is 10.0 Å². The number of nitrogens with one attached hydrogen (secondary N) is 1. The van der Waals surface area contributed by atoms with E-state index < -0.39 is 10.0 Å². The predicted molar refractivity (Wildman–Crippen MR) is 89.1 cm³/mol. The minimum absolute atomic E-state index is 0.235. The summed E-state index contributed by atoms with van der Waals surface area (Å²) < 4.78 is 41.0. The van der Waals surface area contributed by atoms with E-state index in [1.165, 1.54) is 18.6 Å². The monoisotopic (exact) mass is 340 g/mol. The number of sulfonamides is 1. The molecular weight excluding hydrogens is 315 g/mol. The molecule has 1 aliphatic heterocycles. The van der Waals surface area contributed by atoms with E-state index in [-0.39, 0.29) is 23.5 Å². The third-order valence-corrected chi connectivity index (χ3v) is 7.00. The van der Waals surface area contributed by atoms with Gasteiger partial charge in [0, 0.05) is 19.6 Å². The zero-order valence-corrected chi connectivity index (χ0v) is 14.2. The largest absolute Gasteiger partial charge is 0.313 e. The van der Waals surface area contributed by atoms with Crippen LogP contribution < -0.4 is 5.32 Å². The Morgan fingerprint density at radius 2 is 2.00 bits per heavy atom. The average Bonchev–Trinajstić information content (AvgIpc) is 2.55. The first-order valence-corrected chi connectivity index (χ1v) is 10.1. The van der Waals surface area contributed by atoms with Gasteiger partial charge in [0.1, 0.15) is 5.82 Å². The van der Waals surface area contributed by atoms with Crippen molar-refractivity contribution in [3.63, 3.8) is 0 Å². The summed E-state index contributed by atoms with van der Waals surface area (Å²) in [5, 5.41) is 3.23. The summed E-state index contributed by atoms with van der Waals surface area (Å²) in [5.74, 6) is 0.188. The van der Waals surface area contributed by atoms with Gasteiger partial charge >= 0.3 is 0 Å². The van der Waals surface area contributed by atoms with Crippen LogP contribution in [0.1, 0.15) is 43.7 Å². The van der Waals surface area contributed by atoms with Crippen molar-refractivity contribution < 1.29 is 12.8 Å². The van der Waals surface area contributed by atoms with Crippen molar-refractivity contribution in [3.05, 3.63) is 35.6 Å². The molecule has 1 aromatic rings. The first-order valence-electron chi connectivity index (χ1n) is 8.52. The second kappa shape index (κ2) is 7.28. The van der Waals surface area contributed by atoms with Crippen LogP contribution >= 0.6 is 0 Å². The van der Waals surface area contributed by atoms with E-state index in [0.29, 0.717) is 19.6 Å². The second-order valence-electron chi connectivity index (χ2n) is 6.67. The van der Waals surface area contributed by atoms with Crippen molar-refractivity contribution in [1.29, 1.82) is 0 Å². The fourth-order valence-electron chi connectivity index (χ4n) is 3.76. The maximum absolute atomic E-state index is 13.5. The van der Waals surface area contributed by atoms with Gasteiger partial charge < -0.3 is 5.32 Å². The maximum Gasteiger partial charge on any atom is 0.215 e. The molecule has 1 atom stereocenters. The Morgan fingerprint density at radius 1 is 1.22 bits per heavy atom. The molecule has 4 nitrogen and oxygen atoms in total. The first-order chi connectivity index (χ1) is 11.1. The smallest absolute Gasteiger partial charge is 0.215 e. The highest BCUT2D eigenvalue weighted by atomic mass is 32.2. The molecule has 1 aliphatic carbocycles. The molecule has 1 saturated carbocycles. The molecule has 0 bridgehead atoms. The Balaban J connectivity index is 1.79. The van der Waals surface area contributed by atoms with Crippen molar-refractivity contribution in [3.8, 4) is 0 Å². The van der Waals surface area contributed by atoms with Crippen LogP contribution in [-0.4, -0.2) is 38.1 Å². The average molecular weight is 340 g/mol. The summed E-state index contributed by atoms with van der Waals surface area (Å²) in [4.78, 5) is 0. The van der Waals surface area contributed by atoms with Gasteiger partial charge in [-0.05, 0) is 36.5 Å². The van der Waals surface area contributed by atoms with E-state index in [4.69, 9.17) is 0 Å². The van der Waals surface area contributed by atoms with Gasteiger partial charge in [0.05, 0.1) is 11.8 Å². The summed E-state index contributed by atoms with van der Waals surface area (Å²) >= 11 is 0. The van der Waals surface area contributed by atoms with E-state index in [2.05, 4.69) is 5.32 Å². The summed E-state index contributed by atoms with van der Waals surface area (Å²) in [6.07, 6.45) is 5.51. The van der Waals surface area contributed by atoms with Gasteiger partial charge in [0.25, 0.3) is 0 Å². The van der Waals surface area contributed by atoms with Gasteiger partial charge in [-0.2, -0.15) is 4.31 Å². The molecule has 1 unspecified atom stereocenters. The number of piperazine rings is 1. The zero-order chi connectivity index (χ0) is 16.3. The minimum atomic E-state index is -3.32. The fraction of sp³-hybridized carbons (Fsp3) is 0.647. The van der Waals surface area contributed by atoms with E-state index in [9.17, 15) is 12.8 Å². The number of hydrogen-bond donors (Lipinski definition) is 1. The quantitative estimate of drug-likeness (QED) is 0.917. The van der Waals surface area contributed by atoms with Crippen LogP contribution in [0, 0.1) is 11.7 Å². The van der Waals surface area contributed by atoms with Crippen LogP contribution in [0.25, 0.3) is 0 Å². The van der Waals surface area contributed by atoms with Gasteiger partial charge in [-0.15, -0.1) is 0 Å². The van der Waals surface area contributed by atoms with Gasteiger partial charge in [0.15, 0.2) is 0 Å².